The van der Waals surface area contributed by atoms with Crippen molar-refractivity contribution in [2.24, 2.45) is 11.3 Å². The highest BCUT2D eigenvalue weighted by molar-refractivity contribution is 7.90. The number of hydrogen-bond donors (Lipinski definition) is 1. The van der Waals surface area contributed by atoms with Crippen molar-refractivity contribution in [2.75, 3.05) is 32.4 Å². The molecule has 1 atom stereocenters. The number of nitrogens with one attached hydrogen (secondary N) is 1. The van der Waals surface area contributed by atoms with Gasteiger partial charge in [0.05, 0.1) is 16.4 Å². The van der Waals surface area contributed by atoms with Crippen molar-refractivity contribution in [3.05, 3.63) is 64.7 Å². The van der Waals surface area contributed by atoms with Gasteiger partial charge in [0.2, 0.25) is 11.8 Å². The molecule has 1 spiro atoms. The molecule has 0 radical (unpaired) electrons. The first-order valence-corrected chi connectivity index (χ1v) is 16.8. The van der Waals surface area contributed by atoms with Gasteiger partial charge in [-0.25, -0.2) is 8.42 Å². The lowest BCUT2D eigenvalue weighted by molar-refractivity contribution is -0.139. The minimum absolute atomic E-state index is 0.0830. The standard InChI is InChI=1S/C31H40ClN3O4S/c1-40(38,39)27-11-9-23(10-12-27)22-35-20-16-31(30(35)37)14-18-34(19-15-31)17-13-28(25-7-4-8-26(32)21-25)33-29(36)24-5-2-3-6-24/h4,7-12,21,24,28H,2-3,5-6,13-20,22H2,1H3,(H,33,36). The van der Waals surface area contributed by atoms with Crippen LogP contribution in [0.2, 0.25) is 5.02 Å². The molecule has 3 fully saturated rings. The summed E-state index contributed by atoms with van der Waals surface area (Å²) in [6.45, 7) is 3.82. The van der Waals surface area contributed by atoms with Gasteiger partial charge in [-0.2, -0.15) is 0 Å². The second kappa shape index (κ2) is 12.2. The largest absolute Gasteiger partial charge is 0.349 e. The third-order valence-electron chi connectivity index (χ3n) is 9.17. The number of rotatable bonds is 9. The van der Waals surface area contributed by atoms with Crippen LogP contribution in [0, 0.1) is 11.3 Å². The maximum atomic E-state index is 13.5. The molecule has 2 heterocycles. The van der Waals surface area contributed by atoms with Gasteiger partial charge in [0.15, 0.2) is 9.84 Å². The van der Waals surface area contributed by atoms with E-state index in [-0.39, 0.29) is 29.2 Å². The fraction of sp³-hybridized carbons (Fsp3) is 0.548. The van der Waals surface area contributed by atoms with Gasteiger partial charge >= 0.3 is 0 Å². The predicted molar refractivity (Wildman–Crippen MR) is 157 cm³/mol. The Morgan fingerprint density at radius 1 is 1.05 bits per heavy atom. The van der Waals surface area contributed by atoms with E-state index in [1.807, 2.05) is 29.2 Å². The van der Waals surface area contributed by atoms with E-state index in [1.165, 1.54) is 6.26 Å². The predicted octanol–water partition coefficient (Wildman–Crippen LogP) is 5.00. The van der Waals surface area contributed by atoms with Crippen molar-refractivity contribution in [1.29, 1.82) is 0 Å². The van der Waals surface area contributed by atoms with Crippen LogP contribution in [0.5, 0.6) is 0 Å². The molecule has 2 saturated heterocycles. The fourth-order valence-corrected chi connectivity index (χ4v) is 7.44. The number of amides is 2. The summed E-state index contributed by atoms with van der Waals surface area (Å²) in [6, 6.07) is 14.5. The molecule has 3 aliphatic rings. The Hall–Kier alpha value is -2.42. The molecule has 0 bridgehead atoms. The van der Waals surface area contributed by atoms with Gasteiger partial charge in [0, 0.05) is 36.8 Å². The molecule has 2 aromatic rings. The molecule has 5 rings (SSSR count). The number of piperidine rings is 1. The smallest absolute Gasteiger partial charge is 0.229 e. The first kappa shape index (κ1) is 29.1. The second-order valence-electron chi connectivity index (χ2n) is 11.9. The number of benzene rings is 2. The van der Waals surface area contributed by atoms with E-state index in [1.54, 1.807) is 24.3 Å². The number of carbonyl (C=O) groups excluding carboxylic acids is 2. The molecular weight excluding hydrogens is 546 g/mol. The van der Waals surface area contributed by atoms with E-state index in [0.29, 0.717) is 16.5 Å². The Bertz CT molecular complexity index is 1320. The zero-order valence-corrected chi connectivity index (χ0v) is 24.9. The van der Waals surface area contributed by atoms with E-state index in [9.17, 15) is 18.0 Å². The maximum Gasteiger partial charge on any atom is 0.229 e. The van der Waals surface area contributed by atoms with Gasteiger partial charge < -0.3 is 15.1 Å². The van der Waals surface area contributed by atoms with E-state index in [2.05, 4.69) is 10.2 Å². The van der Waals surface area contributed by atoms with Crippen molar-refractivity contribution >= 4 is 33.3 Å². The molecule has 1 saturated carbocycles. The van der Waals surface area contributed by atoms with Gasteiger partial charge in [-0.1, -0.05) is 48.7 Å². The molecular formula is C31H40ClN3O4S. The highest BCUT2D eigenvalue weighted by Crippen LogP contribution is 2.42. The van der Waals surface area contributed by atoms with Crippen LogP contribution >= 0.6 is 11.6 Å². The molecule has 7 nitrogen and oxygen atoms in total. The first-order chi connectivity index (χ1) is 19.1. The number of halogens is 1. The molecule has 2 aliphatic heterocycles. The molecule has 2 amide bonds. The molecule has 2 aromatic carbocycles. The Balaban J connectivity index is 1.15. The molecule has 9 heteroatoms. The number of hydrogen-bond acceptors (Lipinski definition) is 5. The van der Waals surface area contributed by atoms with Gasteiger partial charge in [0.1, 0.15) is 0 Å². The Morgan fingerprint density at radius 2 is 1.73 bits per heavy atom. The van der Waals surface area contributed by atoms with Gasteiger partial charge in [-0.3, -0.25) is 9.59 Å². The lowest BCUT2D eigenvalue weighted by Crippen LogP contribution is -2.45. The Morgan fingerprint density at radius 3 is 2.38 bits per heavy atom. The molecule has 216 valence electrons. The minimum Gasteiger partial charge on any atom is -0.349 e. The summed E-state index contributed by atoms with van der Waals surface area (Å²) in [4.78, 5) is 31.1. The van der Waals surface area contributed by atoms with Crippen molar-refractivity contribution in [3.63, 3.8) is 0 Å². The monoisotopic (exact) mass is 585 g/mol. The summed E-state index contributed by atoms with van der Waals surface area (Å²) in [7, 11) is -3.24. The number of carbonyl (C=O) groups is 2. The van der Waals surface area contributed by atoms with E-state index in [0.717, 1.165) is 88.7 Å². The number of nitrogens with zero attached hydrogens (tertiary/aromatic N) is 2. The van der Waals surface area contributed by atoms with E-state index in [4.69, 9.17) is 11.6 Å². The lowest BCUT2D eigenvalue weighted by atomic mass is 9.77. The summed E-state index contributed by atoms with van der Waals surface area (Å²) in [5.41, 5.74) is 1.69. The Labute approximate surface area is 243 Å². The minimum atomic E-state index is -3.24. The zero-order valence-electron chi connectivity index (χ0n) is 23.3. The third kappa shape index (κ3) is 6.72. The van der Waals surface area contributed by atoms with Gasteiger partial charge in [-0.15, -0.1) is 0 Å². The zero-order chi connectivity index (χ0) is 28.3. The van der Waals surface area contributed by atoms with Crippen LogP contribution in [0.25, 0.3) is 0 Å². The molecule has 1 aliphatic carbocycles. The van der Waals surface area contributed by atoms with E-state index >= 15 is 0 Å². The van der Waals surface area contributed by atoms with Gasteiger partial charge in [0.25, 0.3) is 0 Å². The lowest BCUT2D eigenvalue weighted by Gasteiger charge is -2.38. The summed E-state index contributed by atoms with van der Waals surface area (Å²) in [6.07, 6.45) is 8.74. The van der Waals surface area contributed by atoms with Crippen LogP contribution in [0.4, 0.5) is 0 Å². The van der Waals surface area contributed by atoms with Crippen LogP contribution in [0.3, 0.4) is 0 Å². The van der Waals surface area contributed by atoms with Crippen molar-refractivity contribution in [2.45, 2.75) is 68.8 Å². The first-order valence-electron chi connectivity index (χ1n) is 14.5. The van der Waals surface area contributed by atoms with Crippen molar-refractivity contribution < 1.29 is 18.0 Å². The molecule has 1 unspecified atom stereocenters. The summed E-state index contributed by atoms with van der Waals surface area (Å²) >= 11 is 6.29. The summed E-state index contributed by atoms with van der Waals surface area (Å²) < 4.78 is 23.5. The summed E-state index contributed by atoms with van der Waals surface area (Å²) in [5.74, 6) is 0.494. The molecule has 1 N–H and O–H groups in total. The van der Waals surface area contributed by atoms with Crippen molar-refractivity contribution in [3.8, 4) is 0 Å². The van der Waals surface area contributed by atoms with Crippen LogP contribution < -0.4 is 5.32 Å². The normalized spacial score (nSPS) is 20.8. The average Bonchev–Trinajstić information content (AvgIpc) is 3.57. The van der Waals surface area contributed by atoms with Crippen LogP contribution in [-0.2, 0) is 26.0 Å². The van der Waals surface area contributed by atoms with Crippen molar-refractivity contribution in [1.82, 2.24) is 15.1 Å². The highest BCUT2D eigenvalue weighted by Gasteiger charge is 2.47. The van der Waals surface area contributed by atoms with Crippen LogP contribution in [-0.4, -0.2) is 62.5 Å². The Kier molecular flexibility index (Phi) is 8.88. The topological polar surface area (TPSA) is 86.8 Å². The number of sulfone groups is 1. The highest BCUT2D eigenvalue weighted by atomic mass is 35.5. The SMILES string of the molecule is CS(=O)(=O)c1ccc(CN2CCC3(CCN(CCC(NC(=O)C4CCCC4)c4cccc(Cl)c4)CC3)C2=O)cc1. The third-order valence-corrected chi connectivity index (χ3v) is 10.5. The maximum absolute atomic E-state index is 13.5. The quantitative estimate of drug-likeness (QED) is 0.448. The average molecular weight is 586 g/mol. The fourth-order valence-electron chi connectivity index (χ4n) is 6.61. The van der Waals surface area contributed by atoms with Crippen LogP contribution in [0.1, 0.15) is 68.5 Å². The van der Waals surface area contributed by atoms with Gasteiger partial charge in [-0.05, 0) is 87.0 Å². The van der Waals surface area contributed by atoms with Crippen LogP contribution in [0.15, 0.2) is 53.4 Å². The molecule has 40 heavy (non-hydrogen) atoms. The molecule has 0 aromatic heterocycles. The number of likely N-dealkylation sites (tertiary alicyclic amines) is 2. The van der Waals surface area contributed by atoms with E-state index < -0.39 is 9.84 Å². The second-order valence-corrected chi connectivity index (χ2v) is 14.4. The summed E-state index contributed by atoms with van der Waals surface area (Å²) in [5, 5.41) is 3.99.